The van der Waals surface area contributed by atoms with Crippen LogP contribution in [-0.2, 0) is 0 Å². The summed E-state index contributed by atoms with van der Waals surface area (Å²) >= 11 is 0. The fourth-order valence-electron chi connectivity index (χ4n) is 1.76. The third kappa shape index (κ3) is 1.99. The lowest BCUT2D eigenvalue weighted by Crippen LogP contribution is -2.00. The smallest absolute Gasteiger partial charge is 0.335 e. The number of nitrogen functional groups attached to an aromatic ring is 1. The summed E-state index contributed by atoms with van der Waals surface area (Å²) in [5.74, 6) is -0.611. The number of carbonyl (C=O) groups is 1. The summed E-state index contributed by atoms with van der Waals surface area (Å²) in [6.07, 6.45) is 0. The number of hydrogen-bond donors (Lipinski definition) is 3. The van der Waals surface area contributed by atoms with E-state index in [0.717, 1.165) is 16.8 Å². The highest BCUT2D eigenvalue weighted by Crippen LogP contribution is 2.24. The molecule has 0 aliphatic carbocycles. The number of benzene rings is 1. The number of aromatic amines is 1. The van der Waals surface area contributed by atoms with Crippen LogP contribution in [0.15, 0.2) is 18.2 Å². The molecule has 0 radical (unpaired) electrons. The Balaban J connectivity index is 2.57. The zero-order valence-electron chi connectivity index (χ0n) is 9.61. The Hall–Kier alpha value is -2.30. The molecule has 2 rings (SSSR count). The number of H-pyrrole nitrogens is 1. The van der Waals surface area contributed by atoms with Gasteiger partial charge in [0.1, 0.15) is 0 Å². The fraction of sp³-hybridized carbons (Fsp3) is 0.167. The maximum Gasteiger partial charge on any atom is 0.335 e. The van der Waals surface area contributed by atoms with Crippen molar-refractivity contribution >= 4 is 11.9 Å². The number of nitrogens with two attached hydrogens (primary N) is 1. The number of nitrogens with zero attached hydrogens (tertiary/aromatic N) is 1. The molecule has 0 bridgehead atoms. The van der Waals surface area contributed by atoms with Crippen molar-refractivity contribution in [2.45, 2.75) is 13.8 Å². The molecule has 1 aromatic carbocycles. The van der Waals surface area contributed by atoms with Gasteiger partial charge in [0.05, 0.1) is 11.3 Å². The molecule has 0 spiro atoms. The maximum atomic E-state index is 11.0. The van der Waals surface area contributed by atoms with E-state index in [1.807, 2.05) is 13.0 Å². The molecule has 5 nitrogen and oxygen atoms in total. The van der Waals surface area contributed by atoms with Gasteiger partial charge >= 0.3 is 5.97 Å². The average Bonchev–Trinajstić information content (AvgIpc) is 2.58. The highest BCUT2D eigenvalue weighted by Gasteiger charge is 2.12. The second kappa shape index (κ2) is 3.93. The summed E-state index contributed by atoms with van der Waals surface area (Å²) < 4.78 is 0. The number of carboxylic acid groups (broad SMARTS) is 1. The number of aromatic nitrogens is 2. The van der Waals surface area contributed by atoms with E-state index in [2.05, 4.69) is 9.97 Å². The third-order valence-electron chi connectivity index (χ3n) is 2.64. The Labute approximate surface area is 98.3 Å². The van der Waals surface area contributed by atoms with Crippen LogP contribution in [0.1, 0.15) is 21.6 Å². The molecule has 0 aliphatic heterocycles. The second-order valence-corrected chi connectivity index (χ2v) is 3.93. The third-order valence-corrected chi connectivity index (χ3v) is 2.64. The summed E-state index contributed by atoms with van der Waals surface area (Å²) in [7, 11) is 0. The summed E-state index contributed by atoms with van der Waals surface area (Å²) in [5, 5.41) is 9.06. The van der Waals surface area contributed by atoms with E-state index >= 15 is 0 Å². The molecular formula is C12H13N3O2. The lowest BCUT2D eigenvalue weighted by atomic mass is 10.0. The first kappa shape index (κ1) is 11.2. The first-order valence-corrected chi connectivity index (χ1v) is 5.15. The molecule has 0 saturated carbocycles. The first-order valence-electron chi connectivity index (χ1n) is 5.15. The Morgan fingerprint density at radius 1 is 1.41 bits per heavy atom. The molecule has 0 fully saturated rings. The molecule has 4 N–H and O–H groups in total. The van der Waals surface area contributed by atoms with E-state index in [1.165, 1.54) is 0 Å². The standard InChI is InChI=1S/C12H13N3O2/c1-6-3-4-8(5-9(6)11(16)17)10-7(2)14-12(13)15-10/h3-5H,1-2H3,(H,16,17)(H3,13,14,15). The van der Waals surface area contributed by atoms with Crippen LogP contribution < -0.4 is 5.73 Å². The van der Waals surface area contributed by atoms with Crippen molar-refractivity contribution in [2.75, 3.05) is 5.73 Å². The van der Waals surface area contributed by atoms with Crippen LogP contribution in [0.25, 0.3) is 11.3 Å². The van der Waals surface area contributed by atoms with Crippen LogP contribution >= 0.6 is 0 Å². The molecule has 88 valence electrons. The molecule has 0 unspecified atom stereocenters. The van der Waals surface area contributed by atoms with E-state index in [9.17, 15) is 4.79 Å². The van der Waals surface area contributed by atoms with Crippen LogP contribution in [0.3, 0.4) is 0 Å². The molecule has 1 aromatic heterocycles. The van der Waals surface area contributed by atoms with Crippen LogP contribution in [0.5, 0.6) is 0 Å². The molecule has 17 heavy (non-hydrogen) atoms. The van der Waals surface area contributed by atoms with Gasteiger partial charge in [0, 0.05) is 11.3 Å². The van der Waals surface area contributed by atoms with Crippen molar-refractivity contribution in [3.05, 3.63) is 35.0 Å². The zero-order chi connectivity index (χ0) is 12.6. The number of carboxylic acids is 1. The lowest BCUT2D eigenvalue weighted by Gasteiger charge is -2.04. The van der Waals surface area contributed by atoms with Gasteiger partial charge in [-0.05, 0) is 25.5 Å². The Morgan fingerprint density at radius 2 is 2.12 bits per heavy atom. The van der Waals surface area contributed by atoms with Crippen molar-refractivity contribution in [1.82, 2.24) is 9.97 Å². The summed E-state index contributed by atoms with van der Waals surface area (Å²) in [4.78, 5) is 18.1. The number of imidazole rings is 1. The number of aromatic carboxylic acids is 1. The summed E-state index contributed by atoms with van der Waals surface area (Å²) in [6, 6.07) is 5.22. The van der Waals surface area contributed by atoms with E-state index in [4.69, 9.17) is 10.8 Å². The van der Waals surface area contributed by atoms with Crippen LogP contribution in [-0.4, -0.2) is 21.0 Å². The van der Waals surface area contributed by atoms with E-state index in [-0.39, 0.29) is 5.56 Å². The number of anilines is 1. The second-order valence-electron chi connectivity index (χ2n) is 3.93. The van der Waals surface area contributed by atoms with Crippen LogP contribution in [0, 0.1) is 13.8 Å². The van der Waals surface area contributed by atoms with Gasteiger partial charge in [-0.25, -0.2) is 9.78 Å². The Kier molecular flexibility index (Phi) is 2.59. The monoisotopic (exact) mass is 231 g/mol. The van der Waals surface area contributed by atoms with Crippen molar-refractivity contribution in [3.63, 3.8) is 0 Å². The van der Waals surface area contributed by atoms with Crippen molar-refractivity contribution in [1.29, 1.82) is 0 Å². The van der Waals surface area contributed by atoms with Gasteiger partial charge in [-0.1, -0.05) is 12.1 Å². The molecule has 0 atom stereocenters. The zero-order valence-corrected chi connectivity index (χ0v) is 9.61. The predicted molar refractivity (Wildman–Crippen MR) is 64.9 cm³/mol. The highest BCUT2D eigenvalue weighted by atomic mass is 16.4. The number of hydrogen-bond acceptors (Lipinski definition) is 3. The van der Waals surface area contributed by atoms with Gasteiger partial charge in [0.15, 0.2) is 5.95 Å². The number of rotatable bonds is 2. The maximum absolute atomic E-state index is 11.0. The van der Waals surface area contributed by atoms with Gasteiger partial charge in [-0.2, -0.15) is 0 Å². The largest absolute Gasteiger partial charge is 0.478 e. The number of aryl methyl sites for hydroxylation is 2. The topological polar surface area (TPSA) is 92.0 Å². The van der Waals surface area contributed by atoms with Gasteiger partial charge in [-0.3, -0.25) is 0 Å². The molecule has 0 saturated heterocycles. The minimum Gasteiger partial charge on any atom is -0.478 e. The molecule has 0 aliphatic rings. The van der Waals surface area contributed by atoms with Crippen LogP contribution in [0.4, 0.5) is 5.95 Å². The SMILES string of the molecule is Cc1ccc(-c2nc(N)[nH]c2C)cc1C(=O)O. The first-order chi connectivity index (χ1) is 7.99. The molecule has 5 heteroatoms. The number of nitrogens with one attached hydrogen (secondary N) is 1. The quantitative estimate of drug-likeness (QED) is 0.736. The molecule has 2 aromatic rings. The average molecular weight is 231 g/mol. The van der Waals surface area contributed by atoms with E-state index < -0.39 is 5.97 Å². The minimum absolute atomic E-state index is 0.281. The van der Waals surface area contributed by atoms with E-state index in [1.54, 1.807) is 19.1 Å². The van der Waals surface area contributed by atoms with Crippen molar-refractivity contribution < 1.29 is 9.90 Å². The lowest BCUT2D eigenvalue weighted by molar-refractivity contribution is 0.0696. The van der Waals surface area contributed by atoms with Gasteiger partial charge in [0.2, 0.25) is 0 Å². The predicted octanol–water partition coefficient (Wildman–Crippen LogP) is 1.97. The molecular weight excluding hydrogens is 218 g/mol. The molecule has 0 amide bonds. The summed E-state index contributed by atoms with van der Waals surface area (Å²) in [5.41, 5.74) is 8.82. The van der Waals surface area contributed by atoms with E-state index in [0.29, 0.717) is 11.6 Å². The van der Waals surface area contributed by atoms with Crippen LogP contribution in [0.2, 0.25) is 0 Å². The highest BCUT2D eigenvalue weighted by molar-refractivity contribution is 5.91. The normalized spacial score (nSPS) is 10.5. The van der Waals surface area contributed by atoms with Gasteiger partial charge < -0.3 is 15.8 Å². The van der Waals surface area contributed by atoms with Crippen molar-refractivity contribution in [3.8, 4) is 11.3 Å². The summed E-state index contributed by atoms with van der Waals surface area (Å²) in [6.45, 7) is 3.61. The van der Waals surface area contributed by atoms with Gasteiger partial charge in [0.25, 0.3) is 0 Å². The van der Waals surface area contributed by atoms with Crippen molar-refractivity contribution in [2.24, 2.45) is 0 Å². The minimum atomic E-state index is -0.939. The van der Waals surface area contributed by atoms with Gasteiger partial charge in [-0.15, -0.1) is 0 Å². The Bertz CT molecular complexity index is 587. The fourth-order valence-corrected chi connectivity index (χ4v) is 1.76. The molecule has 1 heterocycles. The Morgan fingerprint density at radius 3 is 2.65 bits per heavy atom.